The lowest BCUT2D eigenvalue weighted by molar-refractivity contribution is -0.154. The maximum atomic E-state index is 11.3. The van der Waals surface area contributed by atoms with Crippen molar-refractivity contribution in [2.24, 2.45) is 0 Å². The van der Waals surface area contributed by atoms with Crippen LogP contribution in [0.25, 0.3) is 0 Å². The zero-order valence-corrected chi connectivity index (χ0v) is 9.45. The molecule has 0 aromatic carbocycles. The summed E-state index contributed by atoms with van der Waals surface area (Å²) in [5.41, 5.74) is -0.661. The van der Waals surface area contributed by atoms with Gasteiger partial charge in [0, 0.05) is 12.6 Å². The van der Waals surface area contributed by atoms with Crippen LogP contribution in [-0.4, -0.2) is 60.1 Å². The van der Waals surface area contributed by atoms with Gasteiger partial charge in [0.05, 0.1) is 0 Å². The standard InChI is InChI=1S/C10H20N2O2/c1-8-7-10(9(13)14,11(2)3)5-6-12(8)4/h8H,5-7H2,1-4H3,(H,13,14)/t8-,10-/m1/s1. The number of likely N-dealkylation sites (tertiary alicyclic amines) is 1. The first kappa shape index (κ1) is 11.5. The maximum Gasteiger partial charge on any atom is 0.324 e. The molecule has 4 heteroatoms. The molecule has 1 aliphatic heterocycles. The Balaban J connectivity index is 2.86. The summed E-state index contributed by atoms with van der Waals surface area (Å²) >= 11 is 0. The van der Waals surface area contributed by atoms with E-state index in [2.05, 4.69) is 11.8 Å². The van der Waals surface area contributed by atoms with Crippen molar-refractivity contribution in [3.63, 3.8) is 0 Å². The van der Waals surface area contributed by atoms with E-state index >= 15 is 0 Å². The molecule has 0 amide bonds. The number of piperidine rings is 1. The summed E-state index contributed by atoms with van der Waals surface area (Å²) in [7, 11) is 5.75. The second-order valence-electron chi connectivity index (χ2n) is 4.51. The SMILES string of the molecule is C[C@@H]1C[C@](C(=O)O)(N(C)C)CCN1C. The Morgan fingerprint density at radius 1 is 1.57 bits per heavy atom. The minimum atomic E-state index is -0.692. The van der Waals surface area contributed by atoms with Crippen LogP contribution in [0.5, 0.6) is 0 Å². The molecular weight excluding hydrogens is 180 g/mol. The van der Waals surface area contributed by atoms with Crippen LogP contribution in [0.15, 0.2) is 0 Å². The van der Waals surface area contributed by atoms with Gasteiger partial charge < -0.3 is 10.0 Å². The van der Waals surface area contributed by atoms with Crippen molar-refractivity contribution in [2.75, 3.05) is 27.7 Å². The highest BCUT2D eigenvalue weighted by Crippen LogP contribution is 2.30. The van der Waals surface area contributed by atoms with Gasteiger partial charge in [-0.15, -0.1) is 0 Å². The van der Waals surface area contributed by atoms with Crippen LogP contribution < -0.4 is 0 Å². The van der Waals surface area contributed by atoms with Crippen LogP contribution in [0.4, 0.5) is 0 Å². The number of rotatable bonds is 2. The summed E-state index contributed by atoms with van der Waals surface area (Å²) in [6, 6.07) is 0.335. The van der Waals surface area contributed by atoms with Crippen molar-refractivity contribution in [1.82, 2.24) is 9.80 Å². The van der Waals surface area contributed by atoms with Gasteiger partial charge in [0.15, 0.2) is 0 Å². The Hall–Kier alpha value is -0.610. The molecule has 0 radical (unpaired) electrons. The topological polar surface area (TPSA) is 43.8 Å². The molecule has 14 heavy (non-hydrogen) atoms. The quantitative estimate of drug-likeness (QED) is 0.704. The molecule has 0 bridgehead atoms. The van der Waals surface area contributed by atoms with Crippen LogP contribution in [-0.2, 0) is 4.79 Å². The molecule has 1 fully saturated rings. The fourth-order valence-corrected chi connectivity index (χ4v) is 2.12. The third-order valence-corrected chi connectivity index (χ3v) is 3.52. The molecule has 2 atom stereocenters. The Morgan fingerprint density at radius 3 is 2.50 bits per heavy atom. The van der Waals surface area contributed by atoms with Gasteiger partial charge in [-0.1, -0.05) is 0 Å². The largest absolute Gasteiger partial charge is 0.480 e. The maximum absolute atomic E-state index is 11.3. The molecule has 0 spiro atoms. The van der Waals surface area contributed by atoms with Gasteiger partial charge >= 0.3 is 5.97 Å². The van der Waals surface area contributed by atoms with Crippen LogP contribution in [0.2, 0.25) is 0 Å². The van der Waals surface area contributed by atoms with E-state index in [-0.39, 0.29) is 0 Å². The van der Waals surface area contributed by atoms with Crippen LogP contribution in [0.3, 0.4) is 0 Å². The van der Waals surface area contributed by atoms with Gasteiger partial charge in [-0.05, 0) is 40.9 Å². The first-order chi connectivity index (χ1) is 6.40. The smallest absolute Gasteiger partial charge is 0.324 e. The summed E-state index contributed by atoms with van der Waals surface area (Å²) in [6.07, 6.45) is 1.40. The number of carboxylic acids is 1. The van der Waals surface area contributed by atoms with Gasteiger partial charge in [0.1, 0.15) is 5.54 Å². The van der Waals surface area contributed by atoms with E-state index in [1.165, 1.54) is 0 Å². The Kier molecular flexibility index (Phi) is 3.17. The van der Waals surface area contributed by atoms with Gasteiger partial charge in [0.2, 0.25) is 0 Å². The highest BCUT2D eigenvalue weighted by Gasteiger charge is 2.45. The highest BCUT2D eigenvalue weighted by molar-refractivity contribution is 5.79. The molecule has 4 nitrogen and oxygen atoms in total. The number of carboxylic acid groups (broad SMARTS) is 1. The van der Waals surface area contributed by atoms with Crippen molar-refractivity contribution in [1.29, 1.82) is 0 Å². The van der Waals surface area contributed by atoms with E-state index in [1.54, 1.807) is 0 Å². The fourth-order valence-electron chi connectivity index (χ4n) is 2.12. The summed E-state index contributed by atoms with van der Waals surface area (Å²) in [5.74, 6) is -0.692. The zero-order valence-electron chi connectivity index (χ0n) is 9.45. The molecule has 82 valence electrons. The predicted octanol–water partition coefficient (Wildman–Crippen LogP) is 0.486. The minimum absolute atomic E-state index is 0.335. The molecular formula is C10H20N2O2. The number of aliphatic carboxylic acids is 1. The lowest BCUT2D eigenvalue weighted by atomic mass is 9.83. The Bertz CT molecular complexity index is 230. The van der Waals surface area contributed by atoms with Crippen molar-refractivity contribution < 1.29 is 9.90 Å². The van der Waals surface area contributed by atoms with Crippen molar-refractivity contribution in [3.05, 3.63) is 0 Å². The molecule has 0 aliphatic carbocycles. The predicted molar refractivity (Wildman–Crippen MR) is 55.4 cm³/mol. The van der Waals surface area contributed by atoms with E-state index in [0.29, 0.717) is 18.9 Å². The molecule has 1 aliphatic rings. The number of hydrogen-bond acceptors (Lipinski definition) is 3. The van der Waals surface area contributed by atoms with E-state index in [0.717, 1.165) is 6.54 Å². The van der Waals surface area contributed by atoms with Crippen molar-refractivity contribution in [3.8, 4) is 0 Å². The second-order valence-corrected chi connectivity index (χ2v) is 4.51. The summed E-state index contributed by atoms with van der Waals surface area (Å²) in [4.78, 5) is 15.4. The molecule has 1 heterocycles. The average molecular weight is 200 g/mol. The zero-order chi connectivity index (χ0) is 10.9. The van der Waals surface area contributed by atoms with Gasteiger partial charge in [-0.3, -0.25) is 9.69 Å². The fraction of sp³-hybridized carbons (Fsp3) is 0.900. The summed E-state index contributed by atoms with van der Waals surface area (Å²) in [5, 5.41) is 9.30. The van der Waals surface area contributed by atoms with E-state index in [4.69, 9.17) is 0 Å². The van der Waals surface area contributed by atoms with Crippen LogP contribution in [0, 0.1) is 0 Å². The molecule has 0 aromatic rings. The lowest BCUT2D eigenvalue weighted by Gasteiger charge is -2.45. The third-order valence-electron chi connectivity index (χ3n) is 3.52. The molecule has 1 saturated heterocycles. The first-order valence-electron chi connectivity index (χ1n) is 5.01. The summed E-state index contributed by atoms with van der Waals surface area (Å²) in [6.45, 7) is 2.94. The van der Waals surface area contributed by atoms with Crippen LogP contribution >= 0.6 is 0 Å². The monoisotopic (exact) mass is 200 g/mol. The normalized spacial score (nSPS) is 34.8. The Morgan fingerprint density at radius 2 is 2.14 bits per heavy atom. The summed E-state index contributed by atoms with van der Waals surface area (Å²) < 4.78 is 0. The van der Waals surface area contributed by atoms with Crippen molar-refractivity contribution >= 4 is 5.97 Å². The highest BCUT2D eigenvalue weighted by atomic mass is 16.4. The van der Waals surface area contributed by atoms with Gasteiger partial charge in [-0.25, -0.2) is 0 Å². The molecule has 1 rings (SSSR count). The van der Waals surface area contributed by atoms with Gasteiger partial charge in [-0.2, -0.15) is 0 Å². The minimum Gasteiger partial charge on any atom is -0.480 e. The average Bonchev–Trinajstić information content (AvgIpc) is 2.09. The Labute approximate surface area is 85.5 Å². The van der Waals surface area contributed by atoms with E-state index in [9.17, 15) is 9.90 Å². The molecule has 0 aromatic heterocycles. The number of likely N-dealkylation sites (N-methyl/N-ethyl adjacent to an activating group) is 1. The molecule has 1 N–H and O–H groups in total. The number of carbonyl (C=O) groups is 1. The van der Waals surface area contributed by atoms with Crippen molar-refractivity contribution in [2.45, 2.75) is 31.3 Å². The van der Waals surface area contributed by atoms with E-state index < -0.39 is 11.5 Å². The molecule has 0 unspecified atom stereocenters. The molecule has 0 saturated carbocycles. The van der Waals surface area contributed by atoms with Crippen LogP contribution in [0.1, 0.15) is 19.8 Å². The van der Waals surface area contributed by atoms with Gasteiger partial charge in [0.25, 0.3) is 0 Å². The number of nitrogens with zero attached hydrogens (tertiary/aromatic N) is 2. The lowest BCUT2D eigenvalue weighted by Crippen LogP contribution is -2.59. The third kappa shape index (κ3) is 1.77. The second kappa shape index (κ2) is 3.87. The van der Waals surface area contributed by atoms with E-state index in [1.807, 2.05) is 26.0 Å². The first-order valence-corrected chi connectivity index (χ1v) is 5.01. The number of hydrogen-bond donors (Lipinski definition) is 1.